The summed E-state index contributed by atoms with van der Waals surface area (Å²) in [6, 6.07) is 15.0. The van der Waals surface area contributed by atoms with Gasteiger partial charge in [-0.3, -0.25) is 9.59 Å². The second-order valence-corrected chi connectivity index (χ2v) is 8.71. The summed E-state index contributed by atoms with van der Waals surface area (Å²) in [6.07, 6.45) is -4.46. The third-order valence-corrected chi connectivity index (χ3v) is 5.88. The highest BCUT2D eigenvalue weighted by Gasteiger charge is 2.30. The number of alkyl halides is 3. The summed E-state index contributed by atoms with van der Waals surface area (Å²) >= 11 is 0. The van der Waals surface area contributed by atoms with Gasteiger partial charge in [-0.15, -0.1) is 0 Å². The molecular formula is C26H26F3N3O3. The maximum Gasteiger partial charge on any atom is 0.416 e. The van der Waals surface area contributed by atoms with Crippen molar-refractivity contribution in [3.8, 4) is 11.3 Å². The number of halogens is 3. The van der Waals surface area contributed by atoms with Gasteiger partial charge in [0.15, 0.2) is 5.76 Å². The van der Waals surface area contributed by atoms with E-state index in [1.165, 1.54) is 24.3 Å². The van der Waals surface area contributed by atoms with Crippen LogP contribution < -0.4 is 10.2 Å². The summed E-state index contributed by atoms with van der Waals surface area (Å²) in [7, 11) is 0. The number of hydrogen-bond donors (Lipinski definition) is 1. The SMILES string of the molecule is CC(C)C(=O)N1CCN(c2ccc(NC(=O)c3ccc(-c4cccc(C(F)(F)F)c4)o3)cc2)CC1. The number of benzene rings is 2. The Hall–Kier alpha value is -3.75. The quantitative estimate of drug-likeness (QED) is 0.517. The highest BCUT2D eigenvalue weighted by Crippen LogP contribution is 2.32. The molecule has 0 spiro atoms. The minimum atomic E-state index is -4.46. The molecule has 1 aliphatic heterocycles. The van der Waals surface area contributed by atoms with Crippen LogP contribution in [0.2, 0.25) is 0 Å². The summed E-state index contributed by atoms with van der Waals surface area (Å²) < 4.78 is 44.4. The first-order valence-electron chi connectivity index (χ1n) is 11.3. The fourth-order valence-corrected chi connectivity index (χ4v) is 3.96. The molecule has 2 heterocycles. The second kappa shape index (κ2) is 9.85. The van der Waals surface area contributed by atoms with Gasteiger partial charge in [0.2, 0.25) is 5.91 Å². The summed E-state index contributed by atoms with van der Waals surface area (Å²) in [5.74, 6) is -0.188. The number of amides is 2. The van der Waals surface area contributed by atoms with Crippen molar-refractivity contribution < 1.29 is 27.2 Å². The molecule has 0 bridgehead atoms. The largest absolute Gasteiger partial charge is 0.451 e. The molecule has 0 saturated carbocycles. The lowest BCUT2D eigenvalue weighted by Crippen LogP contribution is -2.49. The van der Waals surface area contributed by atoms with Gasteiger partial charge in [-0.05, 0) is 48.5 Å². The van der Waals surface area contributed by atoms with Crippen LogP contribution in [0.15, 0.2) is 65.1 Å². The van der Waals surface area contributed by atoms with Crippen molar-refractivity contribution in [3.05, 3.63) is 72.0 Å². The van der Waals surface area contributed by atoms with Crippen molar-refractivity contribution in [1.82, 2.24) is 4.90 Å². The average molecular weight is 486 g/mol. The molecule has 0 aliphatic carbocycles. The van der Waals surface area contributed by atoms with Crippen molar-refractivity contribution in [3.63, 3.8) is 0 Å². The molecule has 0 unspecified atom stereocenters. The maximum absolute atomic E-state index is 13.0. The van der Waals surface area contributed by atoms with E-state index >= 15 is 0 Å². The number of hydrogen-bond acceptors (Lipinski definition) is 4. The van der Waals surface area contributed by atoms with Crippen LogP contribution in [-0.4, -0.2) is 42.9 Å². The van der Waals surface area contributed by atoms with Gasteiger partial charge in [0.25, 0.3) is 5.91 Å². The first kappa shape index (κ1) is 24.4. The van der Waals surface area contributed by atoms with Crippen molar-refractivity contribution in [2.24, 2.45) is 5.92 Å². The van der Waals surface area contributed by atoms with Gasteiger partial charge < -0.3 is 19.5 Å². The van der Waals surface area contributed by atoms with E-state index in [1.807, 2.05) is 30.9 Å². The number of nitrogens with zero attached hydrogens (tertiary/aromatic N) is 2. The van der Waals surface area contributed by atoms with E-state index in [9.17, 15) is 22.8 Å². The maximum atomic E-state index is 13.0. The van der Waals surface area contributed by atoms with E-state index in [2.05, 4.69) is 10.2 Å². The molecule has 1 N–H and O–H groups in total. The normalized spacial score (nSPS) is 14.3. The molecule has 1 aliphatic rings. The van der Waals surface area contributed by atoms with Gasteiger partial charge in [0, 0.05) is 49.0 Å². The number of furan rings is 1. The van der Waals surface area contributed by atoms with E-state index in [4.69, 9.17) is 4.42 Å². The first-order valence-corrected chi connectivity index (χ1v) is 11.3. The molecule has 6 nitrogen and oxygen atoms in total. The Bertz CT molecular complexity index is 1190. The minimum absolute atomic E-state index is 0.00701. The van der Waals surface area contributed by atoms with Crippen molar-refractivity contribution >= 4 is 23.2 Å². The van der Waals surface area contributed by atoms with Crippen LogP contribution >= 0.6 is 0 Å². The summed E-state index contributed by atoms with van der Waals surface area (Å²) in [4.78, 5) is 28.8. The van der Waals surface area contributed by atoms with Gasteiger partial charge in [-0.25, -0.2) is 0 Å². The molecule has 4 rings (SSSR count). The lowest BCUT2D eigenvalue weighted by molar-refractivity contribution is -0.137. The fraction of sp³-hybridized carbons (Fsp3) is 0.308. The summed E-state index contributed by atoms with van der Waals surface area (Å²) in [6.45, 7) is 6.60. The van der Waals surface area contributed by atoms with Gasteiger partial charge >= 0.3 is 6.18 Å². The number of anilines is 2. The Morgan fingerprint density at radius 1 is 0.943 bits per heavy atom. The molecule has 2 amide bonds. The average Bonchev–Trinajstić information content (AvgIpc) is 3.34. The smallest absolute Gasteiger partial charge is 0.416 e. The van der Waals surface area contributed by atoms with E-state index < -0.39 is 17.6 Å². The second-order valence-electron chi connectivity index (χ2n) is 8.71. The lowest BCUT2D eigenvalue weighted by Gasteiger charge is -2.37. The molecule has 184 valence electrons. The lowest BCUT2D eigenvalue weighted by atomic mass is 10.1. The molecule has 1 fully saturated rings. The van der Waals surface area contributed by atoms with E-state index in [1.54, 1.807) is 12.1 Å². The van der Waals surface area contributed by atoms with Crippen molar-refractivity contribution in [1.29, 1.82) is 0 Å². The Labute approximate surface area is 201 Å². The minimum Gasteiger partial charge on any atom is -0.451 e. The number of carbonyl (C=O) groups is 2. The van der Waals surface area contributed by atoms with E-state index in [0.29, 0.717) is 18.8 Å². The standard InChI is InChI=1S/C26H26F3N3O3/c1-17(2)25(34)32-14-12-31(13-15-32)21-8-6-20(7-9-21)30-24(33)23-11-10-22(35-23)18-4-3-5-19(16-18)26(27,28)29/h3-11,16-17H,12-15H2,1-2H3,(H,30,33). The van der Waals surface area contributed by atoms with Gasteiger partial charge in [0.1, 0.15) is 5.76 Å². The Balaban J connectivity index is 1.37. The Morgan fingerprint density at radius 3 is 2.26 bits per heavy atom. The zero-order valence-electron chi connectivity index (χ0n) is 19.4. The molecule has 0 radical (unpaired) electrons. The van der Waals surface area contributed by atoms with Gasteiger partial charge in [-0.1, -0.05) is 26.0 Å². The number of carbonyl (C=O) groups excluding carboxylic acids is 2. The molecule has 2 aromatic carbocycles. The molecule has 9 heteroatoms. The summed E-state index contributed by atoms with van der Waals surface area (Å²) in [5.41, 5.74) is 0.998. The predicted molar refractivity (Wildman–Crippen MR) is 127 cm³/mol. The van der Waals surface area contributed by atoms with E-state index in [0.717, 1.165) is 30.9 Å². The zero-order chi connectivity index (χ0) is 25.2. The number of nitrogens with one attached hydrogen (secondary N) is 1. The van der Waals surface area contributed by atoms with Crippen LogP contribution in [0.4, 0.5) is 24.5 Å². The van der Waals surface area contributed by atoms with Gasteiger partial charge in [-0.2, -0.15) is 13.2 Å². The van der Waals surface area contributed by atoms with Crippen LogP contribution in [0.25, 0.3) is 11.3 Å². The monoisotopic (exact) mass is 485 g/mol. The predicted octanol–water partition coefficient (Wildman–Crippen LogP) is 5.52. The van der Waals surface area contributed by atoms with Crippen LogP contribution in [0, 0.1) is 5.92 Å². The fourth-order valence-electron chi connectivity index (χ4n) is 3.96. The van der Waals surface area contributed by atoms with Crippen LogP contribution in [0.5, 0.6) is 0 Å². The van der Waals surface area contributed by atoms with Gasteiger partial charge in [0.05, 0.1) is 5.56 Å². The molecule has 35 heavy (non-hydrogen) atoms. The molecule has 3 aromatic rings. The molecular weight excluding hydrogens is 459 g/mol. The van der Waals surface area contributed by atoms with Crippen LogP contribution in [0.1, 0.15) is 30.0 Å². The molecule has 1 aromatic heterocycles. The topological polar surface area (TPSA) is 65.8 Å². The van der Waals surface area contributed by atoms with Crippen molar-refractivity contribution in [2.75, 3.05) is 36.4 Å². The summed E-state index contributed by atoms with van der Waals surface area (Å²) in [5, 5.41) is 2.74. The Kier molecular flexibility index (Phi) is 6.86. The number of piperazine rings is 1. The van der Waals surface area contributed by atoms with E-state index in [-0.39, 0.29) is 28.9 Å². The van der Waals surface area contributed by atoms with Crippen molar-refractivity contribution in [2.45, 2.75) is 20.0 Å². The highest BCUT2D eigenvalue weighted by molar-refractivity contribution is 6.02. The molecule has 0 atom stereocenters. The first-order chi connectivity index (χ1) is 16.6. The van der Waals surface area contributed by atoms with Crippen LogP contribution in [-0.2, 0) is 11.0 Å². The zero-order valence-corrected chi connectivity index (χ0v) is 19.4. The number of rotatable bonds is 5. The third kappa shape index (κ3) is 5.67. The third-order valence-electron chi connectivity index (χ3n) is 5.88. The van der Waals surface area contributed by atoms with Crippen LogP contribution in [0.3, 0.4) is 0 Å². The Morgan fingerprint density at radius 2 is 1.63 bits per heavy atom. The molecule has 1 saturated heterocycles. The highest BCUT2D eigenvalue weighted by atomic mass is 19.4.